The Morgan fingerprint density at radius 2 is 2.20 bits per heavy atom. The first-order valence-corrected chi connectivity index (χ1v) is 9.08. The largest absolute Gasteiger partial charge is 0.372 e. The number of rotatable bonds is 4. The zero-order valence-corrected chi connectivity index (χ0v) is 15.0. The van der Waals surface area contributed by atoms with E-state index in [9.17, 15) is 0 Å². The van der Waals surface area contributed by atoms with E-state index >= 15 is 4.39 Å². The van der Waals surface area contributed by atoms with Crippen molar-refractivity contribution in [3.05, 3.63) is 42.0 Å². The van der Waals surface area contributed by atoms with Crippen LogP contribution in [0.4, 0.5) is 10.2 Å². The first kappa shape index (κ1) is 16.0. The molecule has 5 nitrogen and oxygen atoms in total. The van der Waals surface area contributed by atoms with Crippen LogP contribution in [0.2, 0.25) is 0 Å². The van der Waals surface area contributed by atoms with Crippen LogP contribution in [0.1, 0.15) is 12.5 Å². The summed E-state index contributed by atoms with van der Waals surface area (Å²) >= 11 is 1.49. The van der Waals surface area contributed by atoms with Crippen molar-refractivity contribution in [2.75, 3.05) is 18.1 Å². The Bertz CT molecular complexity index is 1080. The van der Waals surface area contributed by atoms with Crippen LogP contribution < -0.4 is 5.32 Å². The Hall–Kier alpha value is -2.54. The lowest BCUT2D eigenvalue weighted by molar-refractivity contribution is 0.596. The Balaban J connectivity index is 1.99. The fourth-order valence-electron chi connectivity index (χ4n) is 3.16. The topological polar surface area (TPSA) is 58.0 Å². The highest BCUT2D eigenvalue weighted by atomic mass is 32.2. The molecule has 3 heterocycles. The standard InChI is InChI=1S/C18H18FN5S/c1-4-25-18-16(19)10(2)15(13-9-21-22-17(13)18)11-5-6-24-12(7-11)8-14(20-3)23-24/h5-9H,4H2,1-3H3,(H,20,23)(H,21,22). The van der Waals surface area contributed by atoms with Gasteiger partial charge in [-0.25, -0.2) is 8.91 Å². The van der Waals surface area contributed by atoms with Gasteiger partial charge in [0.15, 0.2) is 0 Å². The molecule has 0 atom stereocenters. The maximum absolute atomic E-state index is 15.0. The molecule has 0 unspecified atom stereocenters. The van der Waals surface area contributed by atoms with Crippen LogP contribution in [0.15, 0.2) is 35.5 Å². The number of nitrogens with one attached hydrogen (secondary N) is 2. The summed E-state index contributed by atoms with van der Waals surface area (Å²) in [6, 6.07) is 5.94. The molecule has 3 aromatic heterocycles. The third-order valence-electron chi connectivity index (χ3n) is 4.34. The molecular formula is C18H18FN5S. The molecule has 0 aliphatic carbocycles. The number of halogens is 1. The minimum atomic E-state index is -0.178. The van der Waals surface area contributed by atoms with Gasteiger partial charge < -0.3 is 5.32 Å². The number of benzene rings is 1. The third kappa shape index (κ3) is 2.46. The van der Waals surface area contributed by atoms with E-state index in [1.165, 1.54) is 11.8 Å². The molecule has 0 aliphatic heterocycles. The van der Waals surface area contributed by atoms with Crippen molar-refractivity contribution in [3.8, 4) is 11.1 Å². The predicted octanol–water partition coefficient (Wildman–Crippen LogP) is 4.48. The summed E-state index contributed by atoms with van der Waals surface area (Å²) in [5.41, 5.74) is 4.17. The summed E-state index contributed by atoms with van der Waals surface area (Å²) in [6.45, 7) is 3.85. The van der Waals surface area contributed by atoms with Gasteiger partial charge in [0.2, 0.25) is 0 Å². The van der Waals surface area contributed by atoms with E-state index in [0.29, 0.717) is 10.5 Å². The molecule has 0 bridgehead atoms. The van der Waals surface area contributed by atoms with Crippen molar-refractivity contribution >= 4 is 34.0 Å². The maximum Gasteiger partial charge on any atom is 0.148 e. The lowest BCUT2D eigenvalue weighted by atomic mass is 9.97. The number of pyridine rings is 1. The van der Waals surface area contributed by atoms with Gasteiger partial charge >= 0.3 is 0 Å². The summed E-state index contributed by atoms with van der Waals surface area (Å²) in [4.78, 5) is 0.638. The van der Waals surface area contributed by atoms with Crippen LogP contribution in [0.25, 0.3) is 27.5 Å². The molecule has 0 fully saturated rings. The molecule has 4 aromatic rings. The smallest absolute Gasteiger partial charge is 0.148 e. The number of nitrogens with zero attached hydrogens (tertiary/aromatic N) is 3. The highest BCUT2D eigenvalue weighted by Crippen LogP contribution is 2.39. The molecule has 0 saturated heterocycles. The van der Waals surface area contributed by atoms with Crippen LogP contribution in [0, 0.1) is 12.7 Å². The first-order valence-electron chi connectivity index (χ1n) is 8.09. The van der Waals surface area contributed by atoms with Crippen molar-refractivity contribution in [1.29, 1.82) is 0 Å². The van der Waals surface area contributed by atoms with E-state index in [4.69, 9.17) is 0 Å². The second kappa shape index (κ2) is 6.07. The van der Waals surface area contributed by atoms with Gasteiger partial charge in [-0.15, -0.1) is 11.8 Å². The summed E-state index contributed by atoms with van der Waals surface area (Å²) in [5, 5.41) is 15.5. The van der Waals surface area contributed by atoms with Gasteiger partial charge in [0.1, 0.15) is 11.6 Å². The van der Waals surface area contributed by atoms with E-state index in [1.54, 1.807) is 10.7 Å². The van der Waals surface area contributed by atoms with E-state index in [-0.39, 0.29) is 5.82 Å². The highest BCUT2D eigenvalue weighted by Gasteiger charge is 2.20. The van der Waals surface area contributed by atoms with Crippen molar-refractivity contribution < 1.29 is 4.39 Å². The Morgan fingerprint density at radius 3 is 2.96 bits per heavy atom. The number of hydrogen-bond donors (Lipinski definition) is 2. The van der Waals surface area contributed by atoms with Gasteiger partial charge in [-0.2, -0.15) is 10.2 Å². The third-order valence-corrected chi connectivity index (χ3v) is 5.30. The van der Waals surface area contributed by atoms with Crippen LogP contribution in [-0.2, 0) is 0 Å². The molecule has 0 spiro atoms. The van der Waals surface area contributed by atoms with Crippen molar-refractivity contribution in [2.45, 2.75) is 18.7 Å². The van der Waals surface area contributed by atoms with Gasteiger partial charge in [0, 0.05) is 24.7 Å². The molecule has 2 N–H and O–H groups in total. The Morgan fingerprint density at radius 1 is 1.36 bits per heavy atom. The lowest BCUT2D eigenvalue weighted by Crippen LogP contribution is -1.96. The molecule has 7 heteroatoms. The first-order chi connectivity index (χ1) is 12.1. The predicted molar refractivity (Wildman–Crippen MR) is 101 cm³/mol. The van der Waals surface area contributed by atoms with E-state index in [2.05, 4.69) is 20.6 Å². The van der Waals surface area contributed by atoms with E-state index in [1.807, 2.05) is 45.3 Å². The Kier molecular flexibility index (Phi) is 3.88. The molecule has 0 radical (unpaired) electrons. The zero-order chi connectivity index (χ0) is 17.6. The van der Waals surface area contributed by atoms with Crippen LogP contribution in [-0.4, -0.2) is 32.6 Å². The molecule has 4 rings (SSSR count). The summed E-state index contributed by atoms with van der Waals surface area (Å²) < 4.78 is 16.8. The quantitative estimate of drug-likeness (QED) is 0.530. The summed E-state index contributed by atoms with van der Waals surface area (Å²) in [5.74, 6) is 1.42. The molecule has 0 aliphatic rings. The molecule has 128 valence electrons. The van der Waals surface area contributed by atoms with Gasteiger partial charge in [-0.05, 0) is 41.5 Å². The van der Waals surface area contributed by atoms with Crippen molar-refractivity contribution in [2.24, 2.45) is 0 Å². The second-order valence-electron chi connectivity index (χ2n) is 5.80. The number of aromatic nitrogens is 4. The fraction of sp³-hybridized carbons (Fsp3) is 0.222. The number of fused-ring (bicyclic) bond motifs is 2. The van der Waals surface area contributed by atoms with Crippen molar-refractivity contribution in [3.63, 3.8) is 0 Å². The summed E-state index contributed by atoms with van der Waals surface area (Å²) in [7, 11) is 1.83. The number of anilines is 1. The monoisotopic (exact) mass is 355 g/mol. The maximum atomic E-state index is 15.0. The number of hydrogen-bond acceptors (Lipinski definition) is 4. The zero-order valence-electron chi connectivity index (χ0n) is 14.2. The van der Waals surface area contributed by atoms with Crippen LogP contribution in [0.5, 0.6) is 0 Å². The average molecular weight is 355 g/mol. The minimum absolute atomic E-state index is 0.178. The number of thioether (sulfide) groups is 1. The highest BCUT2D eigenvalue weighted by molar-refractivity contribution is 7.99. The van der Waals surface area contributed by atoms with Gasteiger partial charge in [0.25, 0.3) is 0 Å². The second-order valence-corrected chi connectivity index (χ2v) is 7.07. The fourth-order valence-corrected chi connectivity index (χ4v) is 4.03. The van der Waals surface area contributed by atoms with E-state index < -0.39 is 0 Å². The average Bonchev–Trinajstić information content (AvgIpc) is 3.25. The van der Waals surface area contributed by atoms with Gasteiger partial charge in [0.05, 0.1) is 22.1 Å². The van der Waals surface area contributed by atoms with Gasteiger partial charge in [-0.3, -0.25) is 5.10 Å². The SMILES string of the molecule is CCSc1c(F)c(C)c(-c2ccn3nc(NC)cc3c2)c2cn[nH]c12. The minimum Gasteiger partial charge on any atom is -0.372 e. The van der Waals surface area contributed by atoms with Crippen LogP contribution in [0.3, 0.4) is 0 Å². The van der Waals surface area contributed by atoms with Crippen molar-refractivity contribution in [1.82, 2.24) is 19.8 Å². The van der Waals surface area contributed by atoms with Crippen LogP contribution >= 0.6 is 11.8 Å². The lowest BCUT2D eigenvalue weighted by Gasteiger charge is -2.13. The van der Waals surface area contributed by atoms with Gasteiger partial charge in [-0.1, -0.05) is 6.92 Å². The molecule has 0 amide bonds. The molecule has 25 heavy (non-hydrogen) atoms. The normalized spacial score (nSPS) is 11.5. The molecule has 1 aromatic carbocycles. The number of H-pyrrole nitrogens is 1. The molecular weight excluding hydrogens is 337 g/mol. The number of aromatic amines is 1. The molecule has 0 saturated carbocycles. The Labute approximate surface area is 148 Å². The van der Waals surface area contributed by atoms with E-state index in [0.717, 1.165) is 39.1 Å². The summed E-state index contributed by atoms with van der Waals surface area (Å²) in [6.07, 6.45) is 3.67.